The van der Waals surface area contributed by atoms with Crippen LogP contribution in [0.3, 0.4) is 0 Å². The van der Waals surface area contributed by atoms with Crippen molar-refractivity contribution in [2.75, 3.05) is 79.0 Å². The number of fused-ring (bicyclic) bond motifs is 3. The molecule has 0 spiro atoms. The number of likely N-dealkylation sites (N-methyl/N-ethyl adjacent to an activating group) is 4. The van der Waals surface area contributed by atoms with Crippen LogP contribution in [0, 0.1) is 10.8 Å². The number of aliphatic hydroxyl groups is 1. The zero-order chi connectivity index (χ0) is 98.7. The van der Waals surface area contributed by atoms with Crippen molar-refractivity contribution in [3.05, 3.63) is 126 Å². The average Bonchev–Trinajstić information content (AvgIpc) is 1.78. The predicted octanol–water partition coefficient (Wildman–Crippen LogP) is -3.92. The van der Waals surface area contributed by atoms with Gasteiger partial charge in [-0.2, -0.15) is 0 Å². The molecule has 46 heteroatoms. The van der Waals surface area contributed by atoms with Crippen LogP contribution in [0.1, 0.15) is 127 Å². The number of unbranched alkanes of at least 4 members (excludes halogenated alkanes) is 2. The van der Waals surface area contributed by atoms with Crippen molar-refractivity contribution < 1.29 is 86.6 Å². The summed E-state index contributed by atoms with van der Waals surface area (Å²) < 4.78 is 0. The first kappa shape index (κ1) is 106. The molecule has 17 amide bonds. The fourth-order valence-corrected chi connectivity index (χ4v) is 16.7. The Morgan fingerprint density at radius 1 is 0.496 bits per heavy atom. The van der Waals surface area contributed by atoms with Gasteiger partial charge in [0.25, 0.3) is 0 Å². The van der Waals surface area contributed by atoms with Gasteiger partial charge in [-0.1, -0.05) is 106 Å². The maximum Gasteiger partial charge on any atom is 0.246 e. The van der Waals surface area contributed by atoms with Crippen molar-refractivity contribution in [1.82, 2.24) is 108 Å². The number of aromatic amines is 3. The van der Waals surface area contributed by atoms with Gasteiger partial charge < -0.3 is 131 Å². The molecular weight excluding hydrogens is 1770 g/mol. The van der Waals surface area contributed by atoms with Gasteiger partial charge in [0.2, 0.25) is 100 Å². The number of guanidine groups is 2. The fourth-order valence-electron chi connectivity index (χ4n) is 15.9. The average molecular weight is 1900 g/mol. The lowest BCUT2D eigenvalue weighted by molar-refractivity contribution is -0.149. The minimum atomic E-state index is -1.88. The van der Waals surface area contributed by atoms with Crippen molar-refractivity contribution in [2.45, 2.75) is 208 Å². The van der Waals surface area contributed by atoms with Crippen LogP contribution in [0.5, 0.6) is 0 Å². The maximum absolute atomic E-state index is 15.7. The normalized spacial score (nSPS) is 23.1. The molecule has 8 rings (SSSR count). The largest absolute Gasteiger partial charge is 0.394 e. The molecule has 6 aromatic rings. The highest BCUT2D eigenvalue weighted by molar-refractivity contribution is 8.00. The Hall–Kier alpha value is -14.2. The lowest BCUT2D eigenvalue weighted by Crippen LogP contribution is -2.61. The molecule has 13 atom stereocenters. The first-order valence-electron chi connectivity index (χ1n) is 44.8. The van der Waals surface area contributed by atoms with Gasteiger partial charge in [0.05, 0.1) is 38.2 Å². The third-order valence-corrected chi connectivity index (χ3v) is 24.5. The topological polar surface area (TPSA) is 683 Å². The maximum atomic E-state index is 15.7. The third kappa shape index (κ3) is 31.5. The van der Waals surface area contributed by atoms with Crippen molar-refractivity contribution in [3.8, 4) is 0 Å². The van der Waals surface area contributed by atoms with E-state index in [0.717, 1.165) is 36.3 Å². The molecule has 135 heavy (non-hydrogen) atoms. The van der Waals surface area contributed by atoms with Crippen LogP contribution in [0.2, 0.25) is 0 Å². The number of nitrogens with two attached hydrogens (primary N) is 4. The smallest absolute Gasteiger partial charge is 0.246 e. The minimum absolute atomic E-state index is 0.00115. The van der Waals surface area contributed by atoms with Crippen molar-refractivity contribution in [3.63, 3.8) is 0 Å². The number of imidazole rings is 1. The van der Waals surface area contributed by atoms with Crippen LogP contribution in [-0.2, 0) is 107 Å². The molecular formula is C89H127N27O18S. The number of nitrogens with one attached hydrogen (secondary N) is 17. The quantitative estimate of drug-likeness (QED) is 0.0127. The summed E-state index contributed by atoms with van der Waals surface area (Å²) in [6.07, 6.45) is 5.55. The molecule has 2 fully saturated rings. The Labute approximate surface area is 784 Å². The van der Waals surface area contributed by atoms with Gasteiger partial charge >= 0.3 is 0 Å². The molecule has 2 aliphatic rings. The number of benzene rings is 3. The van der Waals surface area contributed by atoms with Crippen LogP contribution in [-0.4, -0.2) is 319 Å². The number of H-pyrrole nitrogens is 3. The molecule has 13 unspecified atom stereocenters. The van der Waals surface area contributed by atoms with Gasteiger partial charge in [0.15, 0.2) is 11.9 Å². The van der Waals surface area contributed by atoms with Crippen LogP contribution in [0.15, 0.2) is 104 Å². The monoisotopic (exact) mass is 1890 g/mol. The summed E-state index contributed by atoms with van der Waals surface area (Å²) >= 11 is 0.787. The number of para-hydroxylation sites is 2. The number of hydrogen-bond acceptors (Lipinski definition) is 22. The number of hydrogen-bond donors (Lipinski definition) is 22. The van der Waals surface area contributed by atoms with Crippen molar-refractivity contribution in [1.29, 1.82) is 10.8 Å². The first-order valence-corrected chi connectivity index (χ1v) is 45.9. The zero-order valence-electron chi connectivity index (χ0n) is 76.8. The summed E-state index contributed by atoms with van der Waals surface area (Å²) in [5.74, 6) is -17.7. The summed E-state index contributed by atoms with van der Waals surface area (Å²) in [5.41, 5.74) is 25.5. The van der Waals surface area contributed by atoms with Gasteiger partial charge in [-0.05, 0) is 87.1 Å². The zero-order valence-corrected chi connectivity index (χ0v) is 77.6. The van der Waals surface area contributed by atoms with Gasteiger partial charge in [0, 0.05) is 125 Å². The second-order valence-corrected chi connectivity index (χ2v) is 34.5. The predicted molar refractivity (Wildman–Crippen MR) is 499 cm³/mol. The molecule has 2 aliphatic heterocycles. The molecule has 3 aromatic heterocycles. The van der Waals surface area contributed by atoms with E-state index in [0.29, 0.717) is 69.9 Å². The van der Waals surface area contributed by atoms with E-state index in [1.807, 2.05) is 13.8 Å². The summed E-state index contributed by atoms with van der Waals surface area (Å²) in [5, 5.41) is 59.7. The molecule has 0 saturated carbocycles. The number of thioether (sulfide) groups is 1. The van der Waals surface area contributed by atoms with Gasteiger partial charge in [-0.15, -0.1) is 11.8 Å². The van der Waals surface area contributed by atoms with Crippen LogP contribution in [0.25, 0.3) is 21.8 Å². The van der Waals surface area contributed by atoms with Crippen LogP contribution >= 0.6 is 11.8 Å². The molecule has 3 aromatic carbocycles. The van der Waals surface area contributed by atoms with E-state index in [1.54, 1.807) is 91.3 Å². The SMILES string of the molecule is CCCCC1C(=O)N(C)C(CCCC)C(=O)NC(CCCNC(=N)N)C(=O)NC(C(=O)NCC(N)=O)CSCC(=O)NC(Cc2ccccc2)C(=O)N(C)C(C)C(=O)NC(CC(N)=O)C(=O)N2CCCC2C(=O)NC(Cc2cnc[nH]2)C(=O)NC(CCCNC(=N)N)C(=O)N(C)CC(=O)NC(Cc2c[nH]c3ccccc23)C(=O)NC(CO)C(=O)NC(Cc2c[nH]c3ccccc23)C(=O)N1C. The number of aliphatic hydroxyl groups excluding tert-OH is 1. The second kappa shape index (κ2) is 52.3. The minimum Gasteiger partial charge on any atom is -0.394 e. The Morgan fingerprint density at radius 3 is 1.59 bits per heavy atom. The number of amides is 17. The van der Waals surface area contributed by atoms with Gasteiger partial charge in [-0.3, -0.25) is 92.3 Å². The molecule has 2 saturated heterocycles. The molecule has 45 nitrogen and oxygen atoms in total. The van der Waals surface area contributed by atoms with E-state index in [4.69, 9.17) is 33.8 Å². The molecule has 0 radical (unpaired) electrons. The molecule has 0 aliphatic carbocycles. The first-order chi connectivity index (χ1) is 64.4. The number of aromatic nitrogens is 4. The van der Waals surface area contributed by atoms with E-state index in [2.05, 4.69) is 83.7 Å². The Bertz CT molecular complexity index is 5170. The summed E-state index contributed by atoms with van der Waals surface area (Å²) in [6.45, 7) is 2.24. The lowest BCUT2D eigenvalue weighted by atomic mass is 10.00. The standard InChI is InChI=1S/C89H127N27O18S/c1-8-10-30-68-81(128)105-59(28-19-33-97-88(92)93)77(124)111-67(76(123)101-44-72(91)119)47-135-48-74(121)104-63(36-51-22-13-12-14-23-51)84(131)113(5)50(3)75(122)108-65(40-71(90)118)86(133)116-35-21-32-69(116)82(129)107-62(39-54-43-96-49-102-54)79(126)106-60(29-20-34-98-89(94)95)83(130)112(4)45-73(120)103-61(37-52-41-99-57-26-17-15-24-55(52)57)78(125)110-66(46-117)80(127)109-64(38-53-42-100-58-27-18-16-25-56(53)58)85(132)115(7)70(31-11-9-2)87(134)114(68)6/h12-18,22-27,41-43,49-50,59-70,99-100,117H,8-11,19-21,28-40,44-48H2,1-7H3,(H2,90,118)(H2,91,119)(H,96,102)(H,101,123)(H,103,120)(H,104,121)(H,105,128)(H,106,126)(H,107,129)(H,108,122)(H,109,127)(H,110,125)(H,111,124)(H4,92,93,97)(H4,94,95,98). The number of primary amides is 2. The van der Waals surface area contributed by atoms with Gasteiger partial charge in [-0.25, -0.2) is 4.98 Å². The van der Waals surface area contributed by atoms with Crippen LogP contribution < -0.4 is 86.7 Å². The van der Waals surface area contributed by atoms with E-state index < -0.39 is 229 Å². The fraction of sp³-hybridized carbons (Fsp3) is 0.506. The Kier molecular flexibility index (Phi) is 41.1. The molecule has 5 heterocycles. The third-order valence-electron chi connectivity index (χ3n) is 23.4. The van der Waals surface area contributed by atoms with E-state index in [9.17, 15) is 62.6 Å². The number of nitrogens with zero attached hydrogens (tertiary/aromatic N) is 6. The van der Waals surface area contributed by atoms with E-state index >= 15 is 24.0 Å². The summed E-state index contributed by atoms with van der Waals surface area (Å²) in [6, 6.07) is 2.35. The van der Waals surface area contributed by atoms with E-state index in [1.165, 1.54) is 47.6 Å². The Balaban J connectivity index is 1.19. The van der Waals surface area contributed by atoms with Gasteiger partial charge in [0.1, 0.15) is 78.5 Å². The van der Waals surface area contributed by atoms with E-state index in [-0.39, 0.29) is 96.7 Å². The number of carbonyl (C=O) groups excluding carboxylic acids is 17. The van der Waals surface area contributed by atoms with Crippen molar-refractivity contribution >= 4 is 146 Å². The molecule has 26 N–H and O–H groups in total. The molecule has 732 valence electrons. The van der Waals surface area contributed by atoms with Crippen molar-refractivity contribution in [2.24, 2.45) is 22.9 Å². The number of rotatable bonds is 28. The summed E-state index contributed by atoms with van der Waals surface area (Å²) in [7, 11) is 5.17. The highest BCUT2D eigenvalue weighted by Gasteiger charge is 2.44. The summed E-state index contributed by atoms with van der Waals surface area (Å²) in [4.78, 5) is 268. The highest BCUT2D eigenvalue weighted by Crippen LogP contribution is 2.26. The van der Waals surface area contributed by atoms with Crippen LogP contribution in [0.4, 0.5) is 0 Å². The Morgan fingerprint density at radius 2 is 1.01 bits per heavy atom. The highest BCUT2D eigenvalue weighted by atomic mass is 32.2. The lowest BCUT2D eigenvalue weighted by Gasteiger charge is -2.36. The number of carbonyl (C=O) groups is 17. The second-order valence-electron chi connectivity index (χ2n) is 33.5. The molecule has 0 bridgehead atoms.